The number of piperidine rings is 1. The molecule has 0 bridgehead atoms. The van der Waals surface area contributed by atoms with Gasteiger partial charge in [0.2, 0.25) is 0 Å². The molecule has 1 aliphatic heterocycles. The van der Waals surface area contributed by atoms with E-state index in [0.29, 0.717) is 11.6 Å². The number of halogens is 1. The lowest BCUT2D eigenvalue weighted by atomic mass is 10.0. The van der Waals surface area contributed by atoms with Crippen LogP contribution in [-0.2, 0) is 13.6 Å². The molecule has 162 valence electrons. The van der Waals surface area contributed by atoms with E-state index in [-0.39, 0.29) is 17.4 Å². The highest BCUT2D eigenvalue weighted by Gasteiger charge is 2.23. The lowest BCUT2D eigenvalue weighted by Gasteiger charge is -2.32. The Morgan fingerprint density at radius 1 is 1.00 bits per heavy atom. The molecular formula is C23H26ClN5O2. The smallest absolute Gasteiger partial charge is 0.305 e. The van der Waals surface area contributed by atoms with Gasteiger partial charge in [0.25, 0.3) is 0 Å². The number of hydrogen-bond donors (Lipinski definition) is 1. The Bertz CT molecular complexity index is 1350. The number of imidazole rings is 2. The van der Waals surface area contributed by atoms with Gasteiger partial charge >= 0.3 is 11.4 Å². The zero-order valence-corrected chi connectivity index (χ0v) is 18.3. The van der Waals surface area contributed by atoms with E-state index in [4.69, 9.17) is 11.6 Å². The maximum Gasteiger partial charge on any atom is 0.328 e. The second-order valence-corrected chi connectivity index (χ2v) is 8.81. The van der Waals surface area contributed by atoms with Gasteiger partial charge in [-0.2, -0.15) is 0 Å². The quantitative estimate of drug-likeness (QED) is 0.518. The fraction of sp³-hybridized carbons (Fsp3) is 0.391. The van der Waals surface area contributed by atoms with Gasteiger partial charge < -0.3 is 9.88 Å². The summed E-state index contributed by atoms with van der Waals surface area (Å²) in [6, 6.07) is 13.7. The third-order valence-electron chi connectivity index (χ3n) is 6.51. The lowest BCUT2D eigenvalue weighted by molar-refractivity contribution is 0.183. The Morgan fingerprint density at radius 3 is 2.52 bits per heavy atom. The molecule has 8 heteroatoms. The molecule has 1 N–H and O–H groups in total. The number of rotatable bonds is 5. The van der Waals surface area contributed by atoms with Crippen LogP contribution in [0.2, 0.25) is 5.02 Å². The van der Waals surface area contributed by atoms with Crippen molar-refractivity contribution in [2.45, 2.75) is 31.8 Å². The molecule has 31 heavy (non-hydrogen) atoms. The van der Waals surface area contributed by atoms with Gasteiger partial charge in [-0.05, 0) is 56.1 Å². The number of hydrogen-bond acceptors (Lipinski definition) is 3. The Balaban J connectivity index is 1.22. The topological polar surface area (TPSA) is 68.0 Å². The van der Waals surface area contributed by atoms with Gasteiger partial charge in [0, 0.05) is 37.7 Å². The predicted octanol–water partition coefficient (Wildman–Crippen LogP) is 3.36. The van der Waals surface area contributed by atoms with Crippen LogP contribution >= 0.6 is 11.6 Å². The normalized spacial score (nSPS) is 15.9. The summed E-state index contributed by atoms with van der Waals surface area (Å²) >= 11 is 6.06. The van der Waals surface area contributed by atoms with Gasteiger partial charge in [-0.3, -0.25) is 13.7 Å². The van der Waals surface area contributed by atoms with E-state index in [1.165, 1.54) is 0 Å². The van der Waals surface area contributed by atoms with Crippen molar-refractivity contribution in [2.75, 3.05) is 19.6 Å². The zero-order chi connectivity index (χ0) is 21.5. The summed E-state index contributed by atoms with van der Waals surface area (Å²) in [6.07, 6.45) is 2.79. The van der Waals surface area contributed by atoms with Gasteiger partial charge in [0.15, 0.2) is 0 Å². The molecule has 1 aliphatic rings. The summed E-state index contributed by atoms with van der Waals surface area (Å²) in [5.74, 6) is 0. The first-order chi connectivity index (χ1) is 15.0. The molecule has 5 rings (SSSR count). The minimum Gasteiger partial charge on any atom is -0.305 e. The monoisotopic (exact) mass is 439 g/mol. The van der Waals surface area contributed by atoms with Crippen molar-refractivity contribution in [1.82, 2.24) is 23.6 Å². The molecule has 4 aromatic rings. The molecule has 7 nitrogen and oxygen atoms in total. The number of para-hydroxylation sites is 2. The van der Waals surface area contributed by atoms with Crippen molar-refractivity contribution < 1.29 is 0 Å². The van der Waals surface area contributed by atoms with Crippen LogP contribution in [0.25, 0.3) is 22.1 Å². The number of aromatic nitrogens is 4. The van der Waals surface area contributed by atoms with Crippen molar-refractivity contribution in [3.63, 3.8) is 0 Å². The van der Waals surface area contributed by atoms with Crippen LogP contribution < -0.4 is 11.4 Å². The van der Waals surface area contributed by atoms with Gasteiger partial charge in [-0.25, -0.2) is 9.59 Å². The summed E-state index contributed by atoms with van der Waals surface area (Å²) in [5, 5.41) is 0.626. The first-order valence-corrected chi connectivity index (χ1v) is 11.2. The van der Waals surface area contributed by atoms with Crippen LogP contribution in [0.3, 0.4) is 0 Å². The minimum atomic E-state index is -0.0638. The molecule has 2 aromatic heterocycles. The van der Waals surface area contributed by atoms with Crippen molar-refractivity contribution >= 4 is 33.7 Å². The van der Waals surface area contributed by atoms with Crippen LogP contribution in [0.5, 0.6) is 0 Å². The van der Waals surface area contributed by atoms with Crippen LogP contribution in [0.1, 0.15) is 25.3 Å². The van der Waals surface area contributed by atoms with Crippen LogP contribution in [0.15, 0.2) is 52.1 Å². The van der Waals surface area contributed by atoms with E-state index in [0.717, 1.165) is 61.0 Å². The molecule has 0 aliphatic carbocycles. The molecule has 1 fully saturated rings. The summed E-state index contributed by atoms with van der Waals surface area (Å²) in [6.45, 7) is 3.55. The Kier molecular flexibility index (Phi) is 5.24. The highest BCUT2D eigenvalue weighted by atomic mass is 35.5. The second kappa shape index (κ2) is 8.05. The Labute approximate surface area is 184 Å². The van der Waals surface area contributed by atoms with E-state index in [1.807, 2.05) is 52.6 Å². The molecule has 3 heterocycles. The van der Waals surface area contributed by atoms with E-state index >= 15 is 0 Å². The predicted molar refractivity (Wildman–Crippen MR) is 124 cm³/mol. The Morgan fingerprint density at radius 2 is 1.74 bits per heavy atom. The molecule has 0 atom stereocenters. The number of aromatic amines is 1. The highest BCUT2D eigenvalue weighted by Crippen LogP contribution is 2.26. The van der Waals surface area contributed by atoms with E-state index in [2.05, 4.69) is 9.88 Å². The fourth-order valence-electron chi connectivity index (χ4n) is 4.90. The lowest BCUT2D eigenvalue weighted by Crippen LogP contribution is -2.37. The van der Waals surface area contributed by atoms with Gasteiger partial charge in [-0.1, -0.05) is 23.7 Å². The first kappa shape index (κ1) is 20.2. The van der Waals surface area contributed by atoms with E-state index in [1.54, 1.807) is 10.6 Å². The number of fused-ring (bicyclic) bond motifs is 2. The average Bonchev–Trinajstić information content (AvgIpc) is 3.22. The van der Waals surface area contributed by atoms with Gasteiger partial charge in [0.05, 0.1) is 22.1 Å². The maximum absolute atomic E-state index is 12.6. The SMILES string of the molecule is Cn1c(=O)n(CCCN2CCC(n3c(=O)[nH]c4cc(Cl)ccc43)CC2)c2ccccc21. The highest BCUT2D eigenvalue weighted by molar-refractivity contribution is 6.31. The van der Waals surface area contributed by atoms with Gasteiger partial charge in [-0.15, -0.1) is 0 Å². The molecule has 1 saturated heterocycles. The van der Waals surface area contributed by atoms with E-state index in [9.17, 15) is 9.59 Å². The third-order valence-corrected chi connectivity index (χ3v) is 6.74. The number of nitrogens with zero attached hydrogens (tertiary/aromatic N) is 4. The molecule has 0 radical (unpaired) electrons. The van der Waals surface area contributed by atoms with Crippen LogP contribution in [-0.4, -0.2) is 43.2 Å². The number of benzene rings is 2. The molecule has 2 aromatic carbocycles. The zero-order valence-electron chi connectivity index (χ0n) is 17.6. The first-order valence-electron chi connectivity index (χ1n) is 10.8. The Hall–Kier alpha value is -2.77. The molecular weight excluding hydrogens is 414 g/mol. The summed E-state index contributed by atoms with van der Waals surface area (Å²) in [4.78, 5) is 30.5. The summed E-state index contributed by atoms with van der Waals surface area (Å²) in [7, 11) is 1.83. The third kappa shape index (κ3) is 3.62. The summed E-state index contributed by atoms with van der Waals surface area (Å²) < 4.78 is 5.48. The number of likely N-dealkylation sites (tertiary alicyclic amines) is 1. The average molecular weight is 440 g/mol. The maximum atomic E-state index is 12.6. The molecule has 0 spiro atoms. The number of H-pyrrole nitrogens is 1. The standard InChI is InChI=1S/C23H26ClN5O2/c1-26-20-5-2-3-6-21(20)28(23(26)31)12-4-11-27-13-9-17(10-14-27)29-19-8-7-16(24)15-18(19)25-22(29)30/h2-3,5-8,15,17H,4,9-14H2,1H3,(H,25,30). The fourth-order valence-corrected chi connectivity index (χ4v) is 5.07. The van der Waals surface area contributed by atoms with Crippen LogP contribution in [0, 0.1) is 0 Å². The van der Waals surface area contributed by atoms with Crippen molar-refractivity contribution in [3.8, 4) is 0 Å². The van der Waals surface area contributed by atoms with Crippen molar-refractivity contribution in [1.29, 1.82) is 0 Å². The molecule has 0 saturated carbocycles. The van der Waals surface area contributed by atoms with Crippen LogP contribution in [0.4, 0.5) is 0 Å². The summed E-state index contributed by atoms with van der Waals surface area (Å²) in [5.41, 5.74) is 3.65. The largest absolute Gasteiger partial charge is 0.328 e. The minimum absolute atomic E-state index is 0.0405. The molecule has 0 unspecified atom stereocenters. The number of aryl methyl sites for hydroxylation is 2. The van der Waals surface area contributed by atoms with Gasteiger partial charge in [0.1, 0.15) is 0 Å². The van der Waals surface area contributed by atoms with Crippen molar-refractivity contribution in [2.24, 2.45) is 7.05 Å². The van der Waals surface area contributed by atoms with E-state index < -0.39 is 0 Å². The second-order valence-electron chi connectivity index (χ2n) is 8.37. The van der Waals surface area contributed by atoms with Crippen molar-refractivity contribution in [3.05, 3.63) is 68.5 Å². The molecule has 0 amide bonds. The number of nitrogens with one attached hydrogen (secondary N) is 1.